The highest BCUT2D eigenvalue weighted by molar-refractivity contribution is 7.07. The summed E-state index contributed by atoms with van der Waals surface area (Å²) in [4.78, 5) is 13.9. The van der Waals surface area contributed by atoms with Crippen molar-refractivity contribution >= 4 is 17.3 Å². The van der Waals surface area contributed by atoms with Crippen LogP contribution >= 0.6 is 11.3 Å². The van der Waals surface area contributed by atoms with E-state index < -0.39 is 6.10 Å². The average Bonchev–Trinajstić information content (AvgIpc) is 2.89. The molecule has 1 aromatic heterocycles. The van der Waals surface area contributed by atoms with Crippen LogP contribution in [-0.2, 0) is 20.7 Å². The van der Waals surface area contributed by atoms with Gasteiger partial charge in [0.05, 0.1) is 13.2 Å². The third-order valence-electron chi connectivity index (χ3n) is 3.49. The summed E-state index contributed by atoms with van der Waals surface area (Å²) < 4.78 is 10.4. The molecule has 19 heavy (non-hydrogen) atoms. The molecule has 1 saturated heterocycles. The highest BCUT2D eigenvalue weighted by Gasteiger charge is 2.33. The maximum atomic E-state index is 11.6. The smallest absolute Gasteiger partial charge is 0.336 e. The molecule has 0 saturated carbocycles. The Morgan fingerprint density at radius 3 is 3.05 bits per heavy atom. The summed E-state index contributed by atoms with van der Waals surface area (Å²) in [6, 6.07) is 2.55. The average molecular weight is 283 g/mol. The van der Waals surface area contributed by atoms with Crippen LogP contribution in [0.15, 0.2) is 16.8 Å². The van der Waals surface area contributed by atoms with Gasteiger partial charge in [-0.2, -0.15) is 11.3 Å². The largest absolute Gasteiger partial charge is 0.467 e. The molecule has 0 bridgehead atoms. The lowest BCUT2D eigenvalue weighted by molar-refractivity contribution is -0.167. The minimum absolute atomic E-state index is 0.0581. The normalized spacial score (nSPS) is 26.1. The molecule has 106 valence electrons. The molecule has 5 heteroatoms. The Balaban J connectivity index is 1.96. The van der Waals surface area contributed by atoms with Gasteiger partial charge in [0, 0.05) is 19.1 Å². The first-order valence-electron chi connectivity index (χ1n) is 6.58. The monoisotopic (exact) mass is 283 g/mol. The predicted molar refractivity (Wildman–Crippen MR) is 75.4 cm³/mol. The summed E-state index contributed by atoms with van der Waals surface area (Å²) in [6.45, 7) is 5.67. The number of hydrogen-bond acceptors (Lipinski definition) is 5. The Morgan fingerprint density at radius 1 is 1.63 bits per heavy atom. The lowest BCUT2D eigenvalue weighted by atomic mass is 10.1. The molecule has 1 aliphatic heterocycles. The number of carbonyl (C=O) groups is 1. The molecular weight excluding hydrogens is 262 g/mol. The van der Waals surface area contributed by atoms with Crippen molar-refractivity contribution in [2.75, 3.05) is 20.2 Å². The molecular formula is C14H21NO3S. The van der Waals surface area contributed by atoms with Gasteiger partial charge in [-0.15, -0.1) is 0 Å². The van der Waals surface area contributed by atoms with Gasteiger partial charge in [0.25, 0.3) is 0 Å². The number of hydrogen-bond donors (Lipinski definition) is 0. The fourth-order valence-electron chi connectivity index (χ4n) is 2.48. The Hall–Kier alpha value is -0.910. The zero-order valence-electron chi connectivity index (χ0n) is 11.7. The first-order chi connectivity index (χ1) is 9.10. The number of ether oxygens (including phenoxy) is 2. The number of nitrogens with zero attached hydrogens (tertiary/aromatic N) is 1. The molecule has 1 fully saturated rings. The van der Waals surface area contributed by atoms with Gasteiger partial charge < -0.3 is 9.47 Å². The van der Waals surface area contributed by atoms with Crippen LogP contribution in [0.1, 0.15) is 19.4 Å². The van der Waals surface area contributed by atoms with E-state index in [1.165, 1.54) is 12.7 Å². The van der Waals surface area contributed by atoms with E-state index in [9.17, 15) is 4.79 Å². The quantitative estimate of drug-likeness (QED) is 0.792. The molecule has 3 atom stereocenters. The second-order valence-corrected chi connectivity index (χ2v) is 5.88. The lowest BCUT2D eigenvalue weighted by Crippen LogP contribution is -2.53. The van der Waals surface area contributed by atoms with E-state index >= 15 is 0 Å². The van der Waals surface area contributed by atoms with Crippen molar-refractivity contribution in [1.82, 2.24) is 4.90 Å². The summed E-state index contributed by atoms with van der Waals surface area (Å²) in [5, 5.41) is 4.28. The number of thiophene rings is 1. The van der Waals surface area contributed by atoms with E-state index in [4.69, 9.17) is 9.47 Å². The SMILES string of the molecule is COC(=O)[C@@H]1CN([C@@H](C)Cc2ccsc2)C[C@@H](C)O1. The molecule has 0 N–H and O–H groups in total. The van der Waals surface area contributed by atoms with Gasteiger partial charge in [-0.05, 0) is 42.7 Å². The molecule has 1 aliphatic rings. The van der Waals surface area contributed by atoms with Gasteiger partial charge in [0.15, 0.2) is 6.10 Å². The van der Waals surface area contributed by atoms with E-state index in [1.54, 1.807) is 11.3 Å². The first-order valence-corrected chi connectivity index (χ1v) is 7.53. The standard InChI is InChI=1S/C14H21NO3S/c1-10(6-12-4-5-19-9-12)15-7-11(2)18-13(8-15)14(16)17-3/h4-5,9-11,13H,6-8H2,1-3H3/t10-,11+,13-/m0/s1. The molecule has 2 heterocycles. The number of esters is 1. The summed E-state index contributed by atoms with van der Waals surface area (Å²) in [5.41, 5.74) is 1.35. The Labute approximate surface area is 118 Å². The summed E-state index contributed by atoms with van der Waals surface area (Å²) in [5.74, 6) is -0.278. The maximum absolute atomic E-state index is 11.6. The van der Waals surface area contributed by atoms with Crippen LogP contribution in [0.3, 0.4) is 0 Å². The lowest BCUT2D eigenvalue weighted by Gasteiger charge is -2.38. The van der Waals surface area contributed by atoms with Gasteiger partial charge in [0.1, 0.15) is 0 Å². The molecule has 0 aliphatic carbocycles. The van der Waals surface area contributed by atoms with Crippen LogP contribution in [0.25, 0.3) is 0 Å². The summed E-state index contributed by atoms with van der Waals surface area (Å²) in [6.07, 6.45) is 0.603. The van der Waals surface area contributed by atoms with E-state index in [0.717, 1.165) is 13.0 Å². The van der Waals surface area contributed by atoms with Crippen LogP contribution in [0.5, 0.6) is 0 Å². The van der Waals surface area contributed by atoms with Gasteiger partial charge in [-0.1, -0.05) is 0 Å². The van der Waals surface area contributed by atoms with Crippen LogP contribution in [0.2, 0.25) is 0 Å². The number of morpholine rings is 1. The Morgan fingerprint density at radius 2 is 2.42 bits per heavy atom. The van der Waals surface area contributed by atoms with Crippen LogP contribution in [0.4, 0.5) is 0 Å². The molecule has 0 amide bonds. The summed E-state index contributed by atoms with van der Waals surface area (Å²) >= 11 is 1.72. The van der Waals surface area contributed by atoms with Crippen LogP contribution in [0, 0.1) is 0 Å². The predicted octanol–water partition coefficient (Wildman–Crippen LogP) is 1.94. The Kier molecular flexibility index (Phi) is 4.96. The van der Waals surface area contributed by atoms with Gasteiger partial charge in [-0.3, -0.25) is 4.90 Å². The van der Waals surface area contributed by atoms with Gasteiger partial charge >= 0.3 is 5.97 Å². The fourth-order valence-corrected chi connectivity index (χ4v) is 3.17. The Bertz CT molecular complexity index is 407. The second kappa shape index (κ2) is 6.50. The van der Waals surface area contributed by atoms with Crippen molar-refractivity contribution in [2.24, 2.45) is 0 Å². The zero-order valence-corrected chi connectivity index (χ0v) is 12.5. The van der Waals surface area contributed by atoms with Crippen molar-refractivity contribution in [3.63, 3.8) is 0 Å². The van der Waals surface area contributed by atoms with E-state index in [2.05, 4.69) is 28.7 Å². The maximum Gasteiger partial charge on any atom is 0.336 e. The van der Waals surface area contributed by atoms with Crippen molar-refractivity contribution in [3.05, 3.63) is 22.4 Å². The molecule has 0 unspecified atom stereocenters. The first kappa shape index (κ1) is 14.5. The third kappa shape index (κ3) is 3.78. The molecule has 2 rings (SSSR count). The minimum Gasteiger partial charge on any atom is -0.467 e. The van der Waals surface area contributed by atoms with E-state index in [1.807, 2.05) is 6.92 Å². The molecule has 0 aromatic carbocycles. The zero-order chi connectivity index (χ0) is 13.8. The fraction of sp³-hybridized carbons (Fsp3) is 0.643. The molecule has 4 nitrogen and oxygen atoms in total. The number of rotatable bonds is 4. The minimum atomic E-state index is -0.460. The third-order valence-corrected chi connectivity index (χ3v) is 4.22. The van der Waals surface area contributed by atoms with E-state index in [-0.39, 0.29) is 12.1 Å². The van der Waals surface area contributed by atoms with Crippen molar-refractivity contribution < 1.29 is 14.3 Å². The number of methoxy groups -OCH3 is 1. The van der Waals surface area contributed by atoms with Crippen molar-refractivity contribution in [2.45, 2.75) is 38.5 Å². The molecule has 0 radical (unpaired) electrons. The van der Waals surface area contributed by atoms with Gasteiger partial charge in [-0.25, -0.2) is 4.79 Å². The van der Waals surface area contributed by atoms with Crippen LogP contribution < -0.4 is 0 Å². The topological polar surface area (TPSA) is 38.8 Å². The molecule has 1 aromatic rings. The molecule has 0 spiro atoms. The second-order valence-electron chi connectivity index (χ2n) is 5.10. The highest BCUT2D eigenvalue weighted by atomic mass is 32.1. The highest BCUT2D eigenvalue weighted by Crippen LogP contribution is 2.18. The van der Waals surface area contributed by atoms with Crippen molar-refractivity contribution in [3.8, 4) is 0 Å². The van der Waals surface area contributed by atoms with Gasteiger partial charge in [0.2, 0.25) is 0 Å². The summed E-state index contributed by atoms with van der Waals surface area (Å²) in [7, 11) is 1.41. The van der Waals surface area contributed by atoms with E-state index in [0.29, 0.717) is 12.6 Å². The number of carbonyl (C=O) groups excluding carboxylic acids is 1. The van der Waals surface area contributed by atoms with Crippen LogP contribution in [-0.4, -0.2) is 49.3 Å². The van der Waals surface area contributed by atoms with Crippen molar-refractivity contribution in [1.29, 1.82) is 0 Å².